The molecule has 0 spiro atoms. The lowest BCUT2D eigenvalue weighted by Gasteiger charge is -2.34. The molecule has 0 amide bonds. The summed E-state index contributed by atoms with van der Waals surface area (Å²) in [6.07, 6.45) is 0.849. The summed E-state index contributed by atoms with van der Waals surface area (Å²) in [4.78, 5) is 15.9. The molecule has 2 N–H and O–H groups in total. The molecule has 0 saturated carbocycles. The van der Waals surface area contributed by atoms with E-state index in [1.165, 1.54) is 0 Å². The number of aromatic nitrogens is 2. The molecule has 1 fully saturated rings. The van der Waals surface area contributed by atoms with Gasteiger partial charge in [-0.05, 0) is 12.1 Å². The number of nitrogens with one attached hydrogen (secondary N) is 1. The second-order valence-electron chi connectivity index (χ2n) is 5.34. The first-order valence-corrected chi connectivity index (χ1v) is 7.09. The molecule has 116 valence electrons. The predicted molar refractivity (Wildman–Crippen MR) is 78.5 cm³/mol. The van der Waals surface area contributed by atoms with Gasteiger partial charge in [-0.2, -0.15) is 4.98 Å². The Morgan fingerprint density at radius 3 is 2.77 bits per heavy atom. The van der Waals surface area contributed by atoms with Crippen LogP contribution < -0.4 is 5.32 Å². The smallest absolute Gasteiger partial charge is 0.329 e. The Balaban J connectivity index is 1.87. The Morgan fingerprint density at radius 2 is 2.14 bits per heavy atom. The Kier molecular flexibility index (Phi) is 3.81. The van der Waals surface area contributed by atoms with Crippen LogP contribution in [-0.4, -0.2) is 40.0 Å². The minimum atomic E-state index is -0.996. The number of anilines is 1. The summed E-state index contributed by atoms with van der Waals surface area (Å²) < 4.78 is 10.2. The molecular formula is C15H17N3O4. The highest BCUT2D eigenvalue weighted by Crippen LogP contribution is 2.28. The summed E-state index contributed by atoms with van der Waals surface area (Å²) in [6, 6.07) is 7.34. The zero-order valence-corrected chi connectivity index (χ0v) is 12.2. The normalized spacial score (nSPS) is 17.1. The van der Waals surface area contributed by atoms with E-state index in [1.54, 1.807) is 6.92 Å². The van der Waals surface area contributed by atoms with E-state index in [0.29, 0.717) is 43.5 Å². The van der Waals surface area contributed by atoms with Gasteiger partial charge in [0, 0.05) is 44.2 Å². The SMILES string of the molecule is Cc1nc(-c2cccc(NC3(C(=O)O)CCOCC3)c2)no1. The molecule has 1 aliphatic rings. The van der Waals surface area contributed by atoms with Gasteiger partial charge >= 0.3 is 5.97 Å². The first-order valence-electron chi connectivity index (χ1n) is 7.09. The van der Waals surface area contributed by atoms with E-state index >= 15 is 0 Å². The molecule has 1 aliphatic heterocycles. The third kappa shape index (κ3) is 2.80. The number of carbonyl (C=O) groups is 1. The molecule has 0 bridgehead atoms. The van der Waals surface area contributed by atoms with Crippen LogP contribution in [0.15, 0.2) is 28.8 Å². The highest BCUT2D eigenvalue weighted by atomic mass is 16.5. The van der Waals surface area contributed by atoms with E-state index < -0.39 is 11.5 Å². The molecule has 1 aromatic carbocycles. The lowest BCUT2D eigenvalue weighted by Crippen LogP contribution is -2.50. The van der Waals surface area contributed by atoms with Gasteiger partial charge in [0.25, 0.3) is 0 Å². The van der Waals surface area contributed by atoms with E-state index in [9.17, 15) is 9.90 Å². The zero-order valence-electron chi connectivity index (χ0n) is 12.2. The summed E-state index contributed by atoms with van der Waals surface area (Å²) in [6.45, 7) is 2.59. The van der Waals surface area contributed by atoms with Crippen LogP contribution in [0.3, 0.4) is 0 Å². The molecule has 7 nitrogen and oxygen atoms in total. The molecule has 0 unspecified atom stereocenters. The van der Waals surface area contributed by atoms with Crippen LogP contribution in [0, 0.1) is 6.92 Å². The quantitative estimate of drug-likeness (QED) is 0.892. The molecule has 0 atom stereocenters. The molecular weight excluding hydrogens is 286 g/mol. The van der Waals surface area contributed by atoms with Crippen molar-refractivity contribution in [2.75, 3.05) is 18.5 Å². The lowest BCUT2D eigenvalue weighted by atomic mass is 9.89. The number of rotatable bonds is 4. The van der Waals surface area contributed by atoms with Crippen LogP contribution in [0.5, 0.6) is 0 Å². The van der Waals surface area contributed by atoms with Crippen molar-refractivity contribution in [3.05, 3.63) is 30.2 Å². The molecule has 0 aliphatic carbocycles. The topological polar surface area (TPSA) is 97.5 Å². The van der Waals surface area contributed by atoms with Gasteiger partial charge in [0.15, 0.2) is 0 Å². The second kappa shape index (κ2) is 5.76. The largest absolute Gasteiger partial charge is 0.480 e. The average Bonchev–Trinajstić information content (AvgIpc) is 2.95. The first-order chi connectivity index (χ1) is 10.6. The molecule has 22 heavy (non-hydrogen) atoms. The maximum atomic E-state index is 11.7. The number of benzene rings is 1. The fraction of sp³-hybridized carbons (Fsp3) is 0.400. The molecule has 1 aromatic heterocycles. The van der Waals surface area contributed by atoms with Gasteiger partial charge in [-0.15, -0.1) is 0 Å². The lowest BCUT2D eigenvalue weighted by molar-refractivity contribution is -0.145. The van der Waals surface area contributed by atoms with E-state index in [0.717, 1.165) is 5.56 Å². The maximum Gasteiger partial charge on any atom is 0.329 e. The molecule has 2 heterocycles. The summed E-state index contributed by atoms with van der Waals surface area (Å²) >= 11 is 0. The van der Waals surface area contributed by atoms with Crippen molar-refractivity contribution in [2.45, 2.75) is 25.3 Å². The van der Waals surface area contributed by atoms with Crippen LogP contribution in [0.25, 0.3) is 11.4 Å². The number of nitrogens with zero attached hydrogens (tertiary/aromatic N) is 2. The van der Waals surface area contributed by atoms with Crippen molar-refractivity contribution < 1.29 is 19.2 Å². The number of hydrogen-bond donors (Lipinski definition) is 2. The Bertz CT molecular complexity index is 677. The minimum Gasteiger partial charge on any atom is -0.480 e. The molecule has 7 heteroatoms. The van der Waals surface area contributed by atoms with Crippen LogP contribution in [0.1, 0.15) is 18.7 Å². The van der Waals surface area contributed by atoms with Gasteiger partial charge in [-0.3, -0.25) is 0 Å². The molecule has 0 radical (unpaired) electrons. The summed E-state index contributed by atoms with van der Waals surface area (Å²) in [5.41, 5.74) is 0.489. The van der Waals surface area contributed by atoms with Crippen molar-refractivity contribution in [3.63, 3.8) is 0 Å². The van der Waals surface area contributed by atoms with E-state index in [-0.39, 0.29) is 0 Å². The summed E-state index contributed by atoms with van der Waals surface area (Å²) in [5.74, 6) is 0.105. The maximum absolute atomic E-state index is 11.7. The molecule has 1 saturated heterocycles. The number of ether oxygens (including phenoxy) is 1. The number of hydrogen-bond acceptors (Lipinski definition) is 6. The molecule has 3 rings (SSSR count). The molecule has 2 aromatic rings. The fourth-order valence-corrected chi connectivity index (χ4v) is 2.54. The average molecular weight is 303 g/mol. The van der Waals surface area contributed by atoms with Crippen molar-refractivity contribution in [2.24, 2.45) is 0 Å². The summed E-state index contributed by atoms with van der Waals surface area (Å²) in [5, 5.41) is 16.6. The third-order valence-electron chi connectivity index (χ3n) is 3.79. The Hall–Kier alpha value is -2.41. The van der Waals surface area contributed by atoms with Crippen molar-refractivity contribution in [1.82, 2.24) is 10.1 Å². The van der Waals surface area contributed by atoms with Crippen LogP contribution in [-0.2, 0) is 9.53 Å². The van der Waals surface area contributed by atoms with Gasteiger partial charge in [0.2, 0.25) is 11.7 Å². The first kappa shape index (κ1) is 14.5. The fourth-order valence-electron chi connectivity index (χ4n) is 2.54. The number of carboxylic acids is 1. The highest BCUT2D eigenvalue weighted by molar-refractivity contribution is 5.83. The highest BCUT2D eigenvalue weighted by Gasteiger charge is 2.40. The van der Waals surface area contributed by atoms with Gasteiger partial charge < -0.3 is 19.7 Å². The van der Waals surface area contributed by atoms with Gasteiger partial charge in [-0.1, -0.05) is 17.3 Å². The Morgan fingerprint density at radius 1 is 1.36 bits per heavy atom. The van der Waals surface area contributed by atoms with Crippen molar-refractivity contribution in [1.29, 1.82) is 0 Å². The monoisotopic (exact) mass is 303 g/mol. The van der Waals surface area contributed by atoms with Crippen LogP contribution in [0.4, 0.5) is 5.69 Å². The van der Waals surface area contributed by atoms with Crippen molar-refractivity contribution >= 4 is 11.7 Å². The Labute approximate surface area is 127 Å². The second-order valence-corrected chi connectivity index (χ2v) is 5.34. The third-order valence-corrected chi connectivity index (χ3v) is 3.79. The van der Waals surface area contributed by atoms with E-state index in [2.05, 4.69) is 15.5 Å². The van der Waals surface area contributed by atoms with Crippen molar-refractivity contribution in [3.8, 4) is 11.4 Å². The van der Waals surface area contributed by atoms with Crippen LogP contribution >= 0.6 is 0 Å². The van der Waals surface area contributed by atoms with E-state index in [1.807, 2.05) is 24.3 Å². The predicted octanol–water partition coefficient (Wildman–Crippen LogP) is 2.09. The van der Waals surface area contributed by atoms with E-state index in [4.69, 9.17) is 9.26 Å². The summed E-state index contributed by atoms with van der Waals surface area (Å²) in [7, 11) is 0. The number of aryl methyl sites for hydroxylation is 1. The van der Waals surface area contributed by atoms with Gasteiger partial charge in [0.1, 0.15) is 5.54 Å². The minimum absolute atomic E-state index is 0.424. The number of carboxylic acid groups (broad SMARTS) is 1. The van der Waals surface area contributed by atoms with Gasteiger partial charge in [-0.25, -0.2) is 4.79 Å². The van der Waals surface area contributed by atoms with Gasteiger partial charge in [0.05, 0.1) is 0 Å². The van der Waals surface area contributed by atoms with Crippen LogP contribution in [0.2, 0.25) is 0 Å². The number of aliphatic carboxylic acids is 1. The standard InChI is InChI=1S/C15H17N3O4/c1-10-16-13(18-22-10)11-3-2-4-12(9-11)17-15(14(19)20)5-7-21-8-6-15/h2-4,9,17H,5-8H2,1H3,(H,19,20). The zero-order chi connectivity index (χ0) is 15.6.